The van der Waals surface area contributed by atoms with Gasteiger partial charge in [-0.1, -0.05) is 69.2 Å². The Hall–Kier alpha value is -0.730. The summed E-state index contributed by atoms with van der Waals surface area (Å²) in [7, 11) is 0. The van der Waals surface area contributed by atoms with Crippen LogP contribution < -0.4 is 5.32 Å². The zero-order chi connectivity index (χ0) is 15.5. The van der Waals surface area contributed by atoms with Crippen molar-refractivity contribution in [2.24, 2.45) is 4.99 Å². The molecule has 0 heterocycles. The number of halogens is 2. The van der Waals surface area contributed by atoms with Gasteiger partial charge in [-0.3, -0.25) is 4.99 Å². The highest BCUT2D eigenvalue weighted by atomic mass is 35.5. The van der Waals surface area contributed by atoms with Crippen molar-refractivity contribution in [1.82, 2.24) is 0 Å². The molecule has 2 nitrogen and oxygen atoms in total. The molecular formula is C17H26Cl2N2. The molecule has 0 spiro atoms. The van der Waals surface area contributed by atoms with Gasteiger partial charge in [0.25, 0.3) is 0 Å². The van der Waals surface area contributed by atoms with Gasteiger partial charge in [0.15, 0.2) is 0 Å². The highest BCUT2D eigenvalue weighted by molar-refractivity contribution is 6.42. The molecule has 4 heteroatoms. The highest BCUT2D eigenvalue weighted by Crippen LogP contribution is 2.25. The largest absolute Gasteiger partial charge is 0.344 e. The van der Waals surface area contributed by atoms with Crippen molar-refractivity contribution in [3.8, 4) is 0 Å². The lowest BCUT2D eigenvalue weighted by atomic mass is 10.1. The second-order valence-electron chi connectivity index (χ2n) is 5.20. The second kappa shape index (κ2) is 10.9. The molecule has 21 heavy (non-hydrogen) atoms. The molecule has 0 aliphatic heterocycles. The predicted octanol–water partition coefficient (Wildman–Crippen LogP) is 6.57. The van der Waals surface area contributed by atoms with E-state index < -0.39 is 0 Å². The lowest BCUT2D eigenvalue weighted by Crippen LogP contribution is -2.11. The van der Waals surface area contributed by atoms with E-state index in [-0.39, 0.29) is 0 Å². The van der Waals surface area contributed by atoms with Crippen LogP contribution in [-0.4, -0.2) is 12.4 Å². The maximum absolute atomic E-state index is 6.02. The first-order chi connectivity index (χ1) is 10.2. The minimum Gasteiger partial charge on any atom is -0.344 e. The van der Waals surface area contributed by atoms with E-state index in [1.54, 1.807) is 6.07 Å². The maximum Gasteiger partial charge on any atom is 0.100 e. The van der Waals surface area contributed by atoms with E-state index in [1.165, 1.54) is 32.1 Å². The SMILES string of the molecule is CCCCCCCCN=C(CC)Nc1ccc(Cl)c(Cl)c1. The average molecular weight is 329 g/mol. The fourth-order valence-electron chi connectivity index (χ4n) is 2.09. The minimum atomic E-state index is 0.563. The Morgan fingerprint density at radius 3 is 2.38 bits per heavy atom. The lowest BCUT2D eigenvalue weighted by Gasteiger charge is -2.09. The number of nitrogens with one attached hydrogen (secondary N) is 1. The van der Waals surface area contributed by atoms with Crippen molar-refractivity contribution < 1.29 is 0 Å². The third-order valence-electron chi connectivity index (χ3n) is 3.36. The third kappa shape index (κ3) is 7.73. The van der Waals surface area contributed by atoms with Gasteiger partial charge < -0.3 is 5.32 Å². The number of hydrogen-bond acceptors (Lipinski definition) is 1. The summed E-state index contributed by atoms with van der Waals surface area (Å²) in [6.45, 7) is 5.24. The van der Waals surface area contributed by atoms with E-state index in [0.717, 1.165) is 30.9 Å². The standard InChI is InChI=1S/C17H26Cl2N2/c1-3-5-6-7-8-9-12-20-17(4-2)21-14-10-11-15(18)16(19)13-14/h10-11,13H,3-9,12H2,1-2H3,(H,20,21). The molecule has 1 rings (SSSR count). The van der Waals surface area contributed by atoms with Crippen LogP contribution in [0.2, 0.25) is 10.0 Å². The quantitative estimate of drug-likeness (QED) is 0.309. The molecule has 0 saturated carbocycles. The zero-order valence-electron chi connectivity index (χ0n) is 13.1. The summed E-state index contributed by atoms with van der Waals surface area (Å²) >= 11 is 11.9. The third-order valence-corrected chi connectivity index (χ3v) is 4.10. The van der Waals surface area contributed by atoms with Gasteiger partial charge in [0, 0.05) is 18.7 Å². The van der Waals surface area contributed by atoms with E-state index in [0.29, 0.717) is 10.0 Å². The number of anilines is 1. The lowest BCUT2D eigenvalue weighted by molar-refractivity contribution is 0.612. The fraction of sp³-hybridized carbons (Fsp3) is 0.588. The average Bonchev–Trinajstić information content (AvgIpc) is 2.48. The summed E-state index contributed by atoms with van der Waals surface area (Å²) in [5.41, 5.74) is 0.938. The van der Waals surface area contributed by atoms with Crippen LogP contribution >= 0.6 is 23.2 Å². The molecular weight excluding hydrogens is 303 g/mol. The van der Waals surface area contributed by atoms with Crippen molar-refractivity contribution in [1.29, 1.82) is 0 Å². The number of unbranched alkanes of at least 4 members (excludes halogenated alkanes) is 5. The Bertz CT molecular complexity index is 444. The molecule has 0 bridgehead atoms. The van der Waals surface area contributed by atoms with Crippen LogP contribution in [0.3, 0.4) is 0 Å². The summed E-state index contributed by atoms with van der Waals surface area (Å²) in [4.78, 5) is 4.64. The fourth-order valence-corrected chi connectivity index (χ4v) is 2.38. The summed E-state index contributed by atoms with van der Waals surface area (Å²) in [6.07, 6.45) is 8.64. The predicted molar refractivity (Wildman–Crippen MR) is 96.1 cm³/mol. The van der Waals surface area contributed by atoms with E-state index in [9.17, 15) is 0 Å². The van der Waals surface area contributed by atoms with Crippen LogP contribution in [-0.2, 0) is 0 Å². The van der Waals surface area contributed by atoms with Crippen molar-refractivity contribution in [2.45, 2.75) is 58.8 Å². The van der Waals surface area contributed by atoms with Crippen LogP contribution in [0.1, 0.15) is 58.8 Å². The van der Waals surface area contributed by atoms with Gasteiger partial charge in [0.1, 0.15) is 5.84 Å². The van der Waals surface area contributed by atoms with Gasteiger partial charge in [-0.05, 0) is 24.6 Å². The van der Waals surface area contributed by atoms with Crippen LogP contribution in [0.25, 0.3) is 0 Å². The molecule has 0 radical (unpaired) electrons. The second-order valence-corrected chi connectivity index (χ2v) is 6.02. The number of amidine groups is 1. The Morgan fingerprint density at radius 2 is 1.71 bits per heavy atom. The molecule has 0 amide bonds. The van der Waals surface area contributed by atoms with Crippen molar-refractivity contribution >= 4 is 34.7 Å². The molecule has 0 saturated heterocycles. The van der Waals surface area contributed by atoms with Crippen molar-refractivity contribution in [3.05, 3.63) is 28.2 Å². The molecule has 0 unspecified atom stereocenters. The molecule has 1 N–H and O–H groups in total. The van der Waals surface area contributed by atoms with Crippen LogP contribution in [0.4, 0.5) is 5.69 Å². The molecule has 0 aromatic heterocycles. The smallest absolute Gasteiger partial charge is 0.100 e. The molecule has 0 aliphatic rings. The zero-order valence-corrected chi connectivity index (χ0v) is 14.6. The minimum absolute atomic E-state index is 0.563. The highest BCUT2D eigenvalue weighted by Gasteiger charge is 2.01. The van der Waals surface area contributed by atoms with Gasteiger partial charge in [0.2, 0.25) is 0 Å². The summed E-state index contributed by atoms with van der Waals surface area (Å²) < 4.78 is 0. The Balaban J connectivity index is 2.36. The van der Waals surface area contributed by atoms with E-state index in [1.807, 2.05) is 12.1 Å². The van der Waals surface area contributed by atoms with Gasteiger partial charge in [-0.25, -0.2) is 0 Å². The number of benzene rings is 1. The van der Waals surface area contributed by atoms with Crippen molar-refractivity contribution in [2.75, 3.05) is 11.9 Å². The van der Waals surface area contributed by atoms with Gasteiger partial charge in [-0.2, -0.15) is 0 Å². The molecule has 1 aromatic rings. The van der Waals surface area contributed by atoms with Crippen LogP contribution in [0.5, 0.6) is 0 Å². The Morgan fingerprint density at radius 1 is 1.00 bits per heavy atom. The molecule has 0 aliphatic carbocycles. The molecule has 0 fully saturated rings. The number of rotatable bonds is 9. The van der Waals surface area contributed by atoms with Crippen molar-refractivity contribution in [3.63, 3.8) is 0 Å². The van der Waals surface area contributed by atoms with E-state index in [4.69, 9.17) is 23.2 Å². The van der Waals surface area contributed by atoms with Crippen LogP contribution in [0.15, 0.2) is 23.2 Å². The number of nitrogens with zero attached hydrogens (tertiary/aromatic N) is 1. The van der Waals surface area contributed by atoms with E-state index >= 15 is 0 Å². The van der Waals surface area contributed by atoms with E-state index in [2.05, 4.69) is 24.2 Å². The van der Waals surface area contributed by atoms with Gasteiger partial charge >= 0.3 is 0 Å². The summed E-state index contributed by atoms with van der Waals surface area (Å²) in [5, 5.41) is 4.45. The maximum atomic E-state index is 6.02. The van der Waals surface area contributed by atoms with Gasteiger partial charge in [-0.15, -0.1) is 0 Å². The summed E-state index contributed by atoms with van der Waals surface area (Å²) in [6, 6.07) is 5.55. The molecule has 0 atom stereocenters. The topological polar surface area (TPSA) is 24.4 Å². The monoisotopic (exact) mass is 328 g/mol. The number of hydrogen-bond donors (Lipinski definition) is 1. The molecule has 118 valence electrons. The number of aliphatic imine (C=N–C) groups is 1. The molecule has 1 aromatic carbocycles. The van der Waals surface area contributed by atoms with Gasteiger partial charge in [0.05, 0.1) is 10.0 Å². The van der Waals surface area contributed by atoms with Crippen LogP contribution in [0, 0.1) is 0 Å². The normalized spacial score (nSPS) is 11.7. The summed E-state index contributed by atoms with van der Waals surface area (Å²) in [5.74, 6) is 1.00. The Labute approximate surface area is 138 Å². The first-order valence-electron chi connectivity index (χ1n) is 7.92. The first kappa shape index (κ1) is 18.3. The first-order valence-corrected chi connectivity index (χ1v) is 8.68. The Kier molecular flexibility index (Phi) is 9.53.